The maximum Gasteiger partial charge on any atom is 0.196 e. The fourth-order valence-corrected chi connectivity index (χ4v) is 3.48. The van der Waals surface area contributed by atoms with Gasteiger partial charge in [-0.15, -0.1) is 11.3 Å². The Kier molecular flexibility index (Phi) is 4.92. The molecule has 0 saturated heterocycles. The number of rotatable bonds is 4. The predicted octanol–water partition coefficient (Wildman–Crippen LogP) is 5.08. The summed E-state index contributed by atoms with van der Waals surface area (Å²) in [5.74, 6) is 0. The van der Waals surface area contributed by atoms with Crippen molar-refractivity contribution in [3.63, 3.8) is 0 Å². The van der Waals surface area contributed by atoms with Crippen LogP contribution in [0.3, 0.4) is 0 Å². The molecule has 1 heterocycles. The van der Waals surface area contributed by atoms with Crippen LogP contribution in [0.4, 0.5) is 5.69 Å². The van der Waals surface area contributed by atoms with Crippen LogP contribution in [0, 0.1) is 32.1 Å². The quantitative estimate of drug-likeness (QED) is 0.529. The minimum absolute atomic E-state index is 0.284. The zero-order valence-corrected chi connectivity index (χ0v) is 15.2. The van der Waals surface area contributed by atoms with E-state index >= 15 is 0 Å². The second kappa shape index (κ2) is 7.29. The van der Waals surface area contributed by atoms with Crippen LogP contribution in [0.25, 0.3) is 11.3 Å². The van der Waals surface area contributed by atoms with Gasteiger partial charge in [-0.25, -0.2) is 4.98 Å². The normalized spacial score (nSPS) is 11.2. The Bertz CT molecular complexity index is 942. The van der Waals surface area contributed by atoms with Crippen molar-refractivity contribution in [2.75, 3.05) is 5.43 Å². The number of aryl methyl sites for hydroxylation is 3. The van der Waals surface area contributed by atoms with E-state index in [1.54, 1.807) is 0 Å². The summed E-state index contributed by atoms with van der Waals surface area (Å²) in [5.41, 5.74) is 9.54. The first-order valence-electron chi connectivity index (χ1n) is 7.91. The number of nitriles is 1. The van der Waals surface area contributed by atoms with Gasteiger partial charge >= 0.3 is 0 Å². The van der Waals surface area contributed by atoms with Gasteiger partial charge in [0.2, 0.25) is 0 Å². The van der Waals surface area contributed by atoms with Gasteiger partial charge in [0.15, 0.2) is 10.7 Å². The number of benzene rings is 2. The Morgan fingerprint density at radius 1 is 1.12 bits per heavy atom. The van der Waals surface area contributed by atoms with Gasteiger partial charge in [-0.2, -0.15) is 10.4 Å². The van der Waals surface area contributed by atoms with E-state index in [2.05, 4.69) is 40.6 Å². The van der Waals surface area contributed by atoms with Crippen LogP contribution in [0.15, 0.2) is 52.9 Å². The number of anilines is 1. The van der Waals surface area contributed by atoms with Crippen LogP contribution < -0.4 is 5.43 Å². The molecule has 1 aromatic heterocycles. The van der Waals surface area contributed by atoms with E-state index in [-0.39, 0.29) is 5.71 Å². The smallest absolute Gasteiger partial charge is 0.196 e. The number of thiazole rings is 1. The molecule has 25 heavy (non-hydrogen) atoms. The molecule has 0 spiro atoms. The predicted molar refractivity (Wildman–Crippen MR) is 104 cm³/mol. The highest BCUT2D eigenvalue weighted by molar-refractivity contribution is 7.12. The molecule has 0 aliphatic rings. The Balaban J connectivity index is 1.88. The van der Waals surface area contributed by atoms with Crippen molar-refractivity contribution in [1.29, 1.82) is 5.26 Å². The van der Waals surface area contributed by atoms with Crippen molar-refractivity contribution in [3.05, 3.63) is 69.5 Å². The highest BCUT2D eigenvalue weighted by atomic mass is 32.1. The lowest BCUT2D eigenvalue weighted by molar-refractivity contribution is 1.24. The molecular weight excluding hydrogens is 328 g/mol. The summed E-state index contributed by atoms with van der Waals surface area (Å²) in [4.78, 5) is 4.55. The maximum absolute atomic E-state index is 9.47. The third kappa shape index (κ3) is 3.76. The van der Waals surface area contributed by atoms with Crippen LogP contribution in [-0.4, -0.2) is 10.7 Å². The summed E-state index contributed by atoms with van der Waals surface area (Å²) >= 11 is 1.42. The SMILES string of the molecule is Cc1cc(C)c(N/N=C(\C#N)c2nc(-c3ccccc3)cs2)c(C)c1. The number of nitrogens with one attached hydrogen (secondary N) is 1. The standard InChI is InChI=1S/C20H18N4S/c1-13-9-14(2)19(15(3)10-13)24-23-17(11-21)20-22-18(12-25-20)16-7-5-4-6-8-16/h4-10,12,24H,1-3H3/b23-17+. The first-order valence-corrected chi connectivity index (χ1v) is 8.79. The number of hydrazone groups is 1. The Morgan fingerprint density at radius 3 is 2.44 bits per heavy atom. The van der Waals surface area contributed by atoms with Crippen molar-refractivity contribution in [3.8, 4) is 17.3 Å². The Labute approximate surface area is 151 Å². The van der Waals surface area contributed by atoms with Crippen LogP contribution in [-0.2, 0) is 0 Å². The zero-order valence-electron chi connectivity index (χ0n) is 14.4. The zero-order chi connectivity index (χ0) is 17.8. The minimum Gasteiger partial charge on any atom is -0.277 e. The van der Waals surface area contributed by atoms with Gasteiger partial charge in [0, 0.05) is 10.9 Å². The Hall–Kier alpha value is -2.97. The highest BCUT2D eigenvalue weighted by Gasteiger charge is 2.11. The maximum atomic E-state index is 9.47. The van der Waals surface area contributed by atoms with E-state index in [0.29, 0.717) is 5.01 Å². The summed E-state index contributed by atoms with van der Waals surface area (Å²) in [6.07, 6.45) is 0. The first-order chi connectivity index (χ1) is 12.1. The number of nitrogens with zero attached hydrogens (tertiary/aromatic N) is 3. The minimum atomic E-state index is 0.284. The van der Waals surface area contributed by atoms with Gasteiger partial charge in [0.25, 0.3) is 0 Å². The van der Waals surface area contributed by atoms with Gasteiger partial charge < -0.3 is 0 Å². The number of aromatic nitrogens is 1. The molecule has 3 rings (SSSR count). The molecule has 0 bridgehead atoms. The summed E-state index contributed by atoms with van der Waals surface area (Å²) < 4.78 is 0. The molecule has 0 atom stereocenters. The lowest BCUT2D eigenvalue weighted by Gasteiger charge is -2.10. The molecule has 4 nitrogen and oxygen atoms in total. The average Bonchev–Trinajstić information content (AvgIpc) is 3.08. The fourth-order valence-electron chi connectivity index (χ4n) is 2.71. The molecule has 0 saturated carbocycles. The van der Waals surface area contributed by atoms with Gasteiger partial charge in [0.1, 0.15) is 6.07 Å². The van der Waals surface area contributed by atoms with Crippen molar-refractivity contribution >= 4 is 22.7 Å². The summed E-state index contributed by atoms with van der Waals surface area (Å²) in [5, 5.41) is 16.3. The summed E-state index contributed by atoms with van der Waals surface area (Å²) in [6, 6.07) is 16.2. The van der Waals surface area contributed by atoms with Gasteiger partial charge in [-0.3, -0.25) is 5.43 Å². The van der Waals surface area contributed by atoms with E-state index in [4.69, 9.17) is 0 Å². The third-order valence-corrected chi connectivity index (χ3v) is 4.69. The molecule has 5 heteroatoms. The van der Waals surface area contributed by atoms with E-state index in [0.717, 1.165) is 28.1 Å². The largest absolute Gasteiger partial charge is 0.277 e. The lowest BCUT2D eigenvalue weighted by atomic mass is 10.1. The highest BCUT2D eigenvalue weighted by Crippen LogP contribution is 2.24. The molecule has 0 amide bonds. The van der Waals surface area contributed by atoms with E-state index in [1.165, 1.54) is 16.9 Å². The van der Waals surface area contributed by atoms with Crippen molar-refractivity contribution in [2.24, 2.45) is 5.10 Å². The first kappa shape index (κ1) is 16.9. The van der Waals surface area contributed by atoms with Crippen LogP contribution in [0.5, 0.6) is 0 Å². The lowest BCUT2D eigenvalue weighted by Crippen LogP contribution is -2.03. The molecular formula is C20H18N4S. The second-order valence-electron chi connectivity index (χ2n) is 5.86. The van der Waals surface area contributed by atoms with E-state index < -0.39 is 0 Å². The number of hydrogen-bond acceptors (Lipinski definition) is 5. The monoisotopic (exact) mass is 346 g/mol. The van der Waals surface area contributed by atoms with Crippen LogP contribution >= 0.6 is 11.3 Å². The summed E-state index contributed by atoms with van der Waals surface area (Å²) in [7, 11) is 0. The molecule has 0 aliphatic heterocycles. The molecule has 0 unspecified atom stereocenters. The van der Waals surface area contributed by atoms with Gasteiger partial charge in [0.05, 0.1) is 11.4 Å². The van der Waals surface area contributed by atoms with Crippen molar-refractivity contribution in [2.45, 2.75) is 20.8 Å². The second-order valence-corrected chi connectivity index (χ2v) is 6.72. The van der Waals surface area contributed by atoms with Gasteiger partial charge in [-0.1, -0.05) is 48.0 Å². The third-order valence-electron chi connectivity index (χ3n) is 3.84. The van der Waals surface area contributed by atoms with Crippen molar-refractivity contribution < 1.29 is 0 Å². The molecule has 1 N–H and O–H groups in total. The summed E-state index contributed by atoms with van der Waals surface area (Å²) in [6.45, 7) is 6.12. The molecule has 124 valence electrons. The van der Waals surface area contributed by atoms with Crippen LogP contribution in [0.2, 0.25) is 0 Å². The van der Waals surface area contributed by atoms with E-state index in [1.807, 2.05) is 49.6 Å². The van der Waals surface area contributed by atoms with Crippen LogP contribution in [0.1, 0.15) is 21.7 Å². The molecule has 0 aliphatic carbocycles. The topological polar surface area (TPSA) is 61.1 Å². The Morgan fingerprint density at radius 2 is 1.80 bits per heavy atom. The van der Waals surface area contributed by atoms with Gasteiger partial charge in [-0.05, 0) is 31.9 Å². The number of hydrogen-bond donors (Lipinski definition) is 1. The average molecular weight is 346 g/mol. The van der Waals surface area contributed by atoms with E-state index in [9.17, 15) is 5.26 Å². The molecule has 0 radical (unpaired) electrons. The van der Waals surface area contributed by atoms with Crippen molar-refractivity contribution in [1.82, 2.24) is 4.98 Å². The molecule has 2 aromatic carbocycles. The molecule has 3 aromatic rings. The fraction of sp³-hybridized carbons (Fsp3) is 0.150. The molecule has 0 fully saturated rings.